The molecule has 1 unspecified atom stereocenters. The molecule has 0 fully saturated rings. The third-order valence-corrected chi connectivity index (χ3v) is 4.96. The quantitative estimate of drug-likeness (QED) is 0.605. The number of nitrogens with two attached hydrogens (primary N) is 1. The predicted molar refractivity (Wildman–Crippen MR) is 90.7 cm³/mol. The van der Waals surface area contributed by atoms with Crippen LogP contribution in [0.2, 0.25) is 0 Å². The average molecular weight is 371 g/mol. The molecule has 0 aliphatic rings. The summed E-state index contributed by atoms with van der Waals surface area (Å²) in [5.74, 6) is 5.80. The highest BCUT2D eigenvalue weighted by atomic mass is 79.9. The van der Waals surface area contributed by atoms with Crippen LogP contribution in [0.25, 0.3) is 10.8 Å². The molecular weight excluding hydrogens is 352 g/mol. The monoisotopic (exact) mass is 370 g/mol. The SMILES string of the molecule is CS(=O)(=O)CCCC(NN)c1ccc2cc(Br)ccc2c1. The smallest absolute Gasteiger partial charge is 0.147 e. The molecule has 4 nitrogen and oxygen atoms in total. The van der Waals surface area contributed by atoms with Crippen molar-refractivity contribution in [2.45, 2.75) is 18.9 Å². The third kappa shape index (κ3) is 4.78. The minimum absolute atomic E-state index is 0.0419. The van der Waals surface area contributed by atoms with Crippen LogP contribution in [-0.4, -0.2) is 20.4 Å². The van der Waals surface area contributed by atoms with Gasteiger partial charge < -0.3 is 0 Å². The maximum atomic E-state index is 11.2. The molecule has 6 heteroatoms. The van der Waals surface area contributed by atoms with Crippen molar-refractivity contribution in [1.82, 2.24) is 5.43 Å². The molecule has 21 heavy (non-hydrogen) atoms. The van der Waals surface area contributed by atoms with Crippen molar-refractivity contribution in [2.75, 3.05) is 12.0 Å². The maximum absolute atomic E-state index is 11.2. The summed E-state index contributed by atoms with van der Waals surface area (Å²) < 4.78 is 23.4. The lowest BCUT2D eigenvalue weighted by Crippen LogP contribution is -2.28. The van der Waals surface area contributed by atoms with Gasteiger partial charge in [0.25, 0.3) is 0 Å². The molecule has 0 heterocycles. The molecule has 0 spiro atoms. The number of hydrogen-bond donors (Lipinski definition) is 2. The molecule has 0 aromatic heterocycles. The Balaban J connectivity index is 2.16. The fourth-order valence-electron chi connectivity index (χ4n) is 2.35. The number of hydrogen-bond acceptors (Lipinski definition) is 4. The van der Waals surface area contributed by atoms with Crippen LogP contribution in [0, 0.1) is 0 Å². The molecule has 0 saturated heterocycles. The molecule has 2 aromatic rings. The molecule has 0 aliphatic heterocycles. The van der Waals surface area contributed by atoms with Gasteiger partial charge in [-0.05, 0) is 47.4 Å². The zero-order chi connectivity index (χ0) is 15.5. The van der Waals surface area contributed by atoms with Crippen LogP contribution in [0.3, 0.4) is 0 Å². The van der Waals surface area contributed by atoms with Crippen molar-refractivity contribution in [3.8, 4) is 0 Å². The summed E-state index contributed by atoms with van der Waals surface area (Å²) in [7, 11) is -2.92. The Hall–Kier alpha value is -0.950. The summed E-state index contributed by atoms with van der Waals surface area (Å²) in [5, 5.41) is 2.29. The van der Waals surface area contributed by atoms with Gasteiger partial charge in [-0.3, -0.25) is 11.3 Å². The van der Waals surface area contributed by atoms with E-state index in [9.17, 15) is 8.42 Å². The Kier molecular flexibility index (Phi) is 5.37. The van der Waals surface area contributed by atoms with Gasteiger partial charge in [0.05, 0.1) is 0 Å². The fourth-order valence-corrected chi connectivity index (χ4v) is 3.42. The van der Waals surface area contributed by atoms with Crippen LogP contribution in [0.5, 0.6) is 0 Å². The number of halogens is 1. The summed E-state index contributed by atoms with van der Waals surface area (Å²) in [5.41, 5.74) is 3.85. The fraction of sp³-hybridized carbons (Fsp3) is 0.333. The van der Waals surface area contributed by atoms with Gasteiger partial charge >= 0.3 is 0 Å². The summed E-state index contributed by atoms with van der Waals surface area (Å²) in [6.07, 6.45) is 2.53. The van der Waals surface area contributed by atoms with E-state index in [0.717, 1.165) is 20.8 Å². The lowest BCUT2D eigenvalue weighted by molar-refractivity contribution is 0.508. The van der Waals surface area contributed by atoms with Crippen molar-refractivity contribution in [3.05, 3.63) is 46.4 Å². The van der Waals surface area contributed by atoms with E-state index in [-0.39, 0.29) is 11.8 Å². The van der Waals surface area contributed by atoms with Crippen LogP contribution in [0.1, 0.15) is 24.4 Å². The number of benzene rings is 2. The number of rotatable bonds is 6. The maximum Gasteiger partial charge on any atom is 0.147 e. The van der Waals surface area contributed by atoms with E-state index in [1.54, 1.807) is 0 Å². The van der Waals surface area contributed by atoms with Crippen LogP contribution in [0.15, 0.2) is 40.9 Å². The standard InChI is InChI=1S/C15H19BrN2O2S/c1-21(19,20)8-2-3-15(18-17)13-5-4-12-10-14(16)7-6-11(12)9-13/h4-7,9-10,15,18H,2-3,8,17H2,1H3. The first-order chi connectivity index (χ1) is 9.89. The van der Waals surface area contributed by atoms with Crippen molar-refractivity contribution in [2.24, 2.45) is 5.84 Å². The first kappa shape index (κ1) is 16.4. The van der Waals surface area contributed by atoms with Gasteiger partial charge in [-0.1, -0.05) is 34.1 Å². The van der Waals surface area contributed by atoms with E-state index < -0.39 is 9.84 Å². The first-order valence-electron chi connectivity index (χ1n) is 6.72. The normalized spacial score (nSPS) is 13.5. The summed E-state index contributed by atoms with van der Waals surface area (Å²) in [4.78, 5) is 0. The Morgan fingerprint density at radius 1 is 1.19 bits per heavy atom. The van der Waals surface area contributed by atoms with Crippen LogP contribution in [0.4, 0.5) is 0 Å². The van der Waals surface area contributed by atoms with Crippen LogP contribution in [-0.2, 0) is 9.84 Å². The van der Waals surface area contributed by atoms with E-state index in [0.29, 0.717) is 12.8 Å². The van der Waals surface area contributed by atoms with E-state index in [1.807, 2.05) is 18.2 Å². The Bertz CT molecular complexity index is 732. The van der Waals surface area contributed by atoms with Crippen molar-refractivity contribution < 1.29 is 8.42 Å². The van der Waals surface area contributed by atoms with Gasteiger partial charge in [-0.2, -0.15) is 0 Å². The van der Waals surface area contributed by atoms with Crippen molar-refractivity contribution in [1.29, 1.82) is 0 Å². The highest BCUT2D eigenvalue weighted by Crippen LogP contribution is 2.25. The molecule has 3 N–H and O–H groups in total. The predicted octanol–water partition coefficient (Wildman–Crippen LogP) is 2.93. The lowest BCUT2D eigenvalue weighted by atomic mass is 9.99. The van der Waals surface area contributed by atoms with E-state index in [1.165, 1.54) is 6.26 Å². The first-order valence-corrected chi connectivity index (χ1v) is 9.57. The molecule has 1 atom stereocenters. The van der Waals surface area contributed by atoms with E-state index >= 15 is 0 Å². The molecule has 0 aliphatic carbocycles. The molecule has 2 rings (SSSR count). The van der Waals surface area contributed by atoms with Gasteiger partial charge in [0.15, 0.2) is 0 Å². The zero-order valence-corrected chi connectivity index (χ0v) is 14.2. The number of nitrogens with one attached hydrogen (secondary N) is 1. The minimum atomic E-state index is -2.92. The highest BCUT2D eigenvalue weighted by molar-refractivity contribution is 9.10. The van der Waals surface area contributed by atoms with Gasteiger partial charge in [-0.25, -0.2) is 8.42 Å². The largest absolute Gasteiger partial charge is 0.271 e. The summed E-state index contributed by atoms with van der Waals surface area (Å²) >= 11 is 3.46. The van der Waals surface area contributed by atoms with E-state index in [4.69, 9.17) is 5.84 Å². The number of sulfone groups is 1. The lowest BCUT2D eigenvalue weighted by Gasteiger charge is -2.16. The Morgan fingerprint density at radius 3 is 2.52 bits per heavy atom. The molecule has 114 valence electrons. The molecule has 2 aromatic carbocycles. The van der Waals surface area contributed by atoms with Gasteiger partial charge in [0, 0.05) is 22.5 Å². The molecule has 0 saturated carbocycles. The van der Waals surface area contributed by atoms with Crippen LogP contribution >= 0.6 is 15.9 Å². The van der Waals surface area contributed by atoms with Gasteiger partial charge in [-0.15, -0.1) is 0 Å². The van der Waals surface area contributed by atoms with Crippen LogP contribution < -0.4 is 11.3 Å². The Morgan fingerprint density at radius 2 is 1.86 bits per heavy atom. The summed E-state index contributed by atoms with van der Waals surface area (Å²) in [6.45, 7) is 0. The molecule has 0 amide bonds. The minimum Gasteiger partial charge on any atom is -0.271 e. The van der Waals surface area contributed by atoms with Gasteiger partial charge in [0.1, 0.15) is 9.84 Å². The molecule has 0 bridgehead atoms. The molecule has 0 radical (unpaired) electrons. The zero-order valence-electron chi connectivity index (χ0n) is 11.8. The third-order valence-electron chi connectivity index (χ3n) is 3.44. The van der Waals surface area contributed by atoms with Crippen molar-refractivity contribution in [3.63, 3.8) is 0 Å². The second kappa shape index (κ2) is 6.87. The second-order valence-corrected chi connectivity index (χ2v) is 8.42. The Labute approximate surface area is 133 Å². The topological polar surface area (TPSA) is 72.2 Å². The van der Waals surface area contributed by atoms with Crippen molar-refractivity contribution >= 4 is 36.5 Å². The molecular formula is C15H19BrN2O2S. The summed E-state index contributed by atoms with van der Waals surface area (Å²) in [6, 6.07) is 12.2. The van der Waals surface area contributed by atoms with Gasteiger partial charge in [0.2, 0.25) is 0 Å². The average Bonchev–Trinajstić information content (AvgIpc) is 2.42. The highest BCUT2D eigenvalue weighted by Gasteiger charge is 2.12. The number of hydrazine groups is 1. The second-order valence-electron chi connectivity index (χ2n) is 5.24. The van der Waals surface area contributed by atoms with E-state index in [2.05, 4.69) is 39.6 Å². The number of fused-ring (bicyclic) bond motifs is 1.